The van der Waals surface area contributed by atoms with Crippen molar-refractivity contribution in [3.05, 3.63) is 0 Å². The van der Waals surface area contributed by atoms with E-state index in [0.717, 1.165) is 13.8 Å². The predicted molar refractivity (Wildman–Crippen MR) is 104 cm³/mol. The van der Waals surface area contributed by atoms with Gasteiger partial charge >= 0.3 is 29.8 Å². The van der Waals surface area contributed by atoms with E-state index in [1.807, 2.05) is 9.24 Å². The Morgan fingerprint density at radius 3 is 1.75 bits per heavy atom. The van der Waals surface area contributed by atoms with E-state index < -0.39 is 59.7 Å². The highest BCUT2D eigenvalue weighted by atomic mass is 31.0. The van der Waals surface area contributed by atoms with Crippen LogP contribution in [0.4, 0.5) is 0 Å². The Labute approximate surface area is 185 Å². The minimum absolute atomic E-state index is 0.000211. The Bertz CT molecular complexity index is 779. The molecule has 32 heavy (non-hydrogen) atoms. The van der Waals surface area contributed by atoms with Crippen molar-refractivity contribution in [1.82, 2.24) is 5.06 Å². The van der Waals surface area contributed by atoms with Gasteiger partial charge in [-0.15, -0.1) is 5.06 Å². The van der Waals surface area contributed by atoms with Crippen LogP contribution >= 0.6 is 9.24 Å². The van der Waals surface area contributed by atoms with Gasteiger partial charge in [0.2, 0.25) is 18.1 Å². The topological polar surface area (TPSA) is 169 Å². The number of hydrogen-bond acceptors (Lipinski definition) is 12. The number of amides is 2. The molecule has 0 aromatic heterocycles. The summed E-state index contributed by atoms with van der Waals surface area (Å²) < 4.78 is 19.3. The van der Waals surface area contributed by atoms with Crippen LogP contribution in [-0.2, 0) is 57.3 Å². The van der Waals surface area contributed by atoms with Crippen LogP contribution in [-0.4, -0.2) is 71.4 Å². The molecule has 0 aromatic carbocycles. The molecule has 4 atom stereocenters. The van der Waals surface area contributed by atoms with Crippen LogP contribution in [0.2, 0.25) is 0 Å². The summed E-state index contributed by atoms with van der Waals surface area (Å²) in [5.74, 6) is -9.35. The van der Waals surface area contributed by atoms with Crippen molar-refractivity contribution in [2.45, 2.75) is 58.6 Å². The fraction of sp³-hybridized carbons (Fsp3) is 0.611. The average molecular weight is 477 g/mol. The highest BCUT2D eigenvalue weighted by Crippen LogP contribution is 2.18. The number of nitrogens with zero attached hydrogens (tertiary/aromatic N) is 1. The second-order valence-corrected chi connectivity index (χ2v) is 7.54. The number of hydrogen-bond donors (Lipinski definition) is 0. The fourth-order valence-electron chi connectivity index (χ4n) is 2.20. The normalized spacial score (nSPS) is 16.1. The van der Waals surface area contributed by atoms with Crippen LogP contribution in [0.15, 0.2) is 0 Å². The third-order valence-corrected chi connectivity index (χ3v) is 3.96. The molecule has 1 unspecified atom stereocenters. The van der Waals surface area contributed by atoms with Gasteiger partial charge in [-0.2, -0.15) is 0 Å². The summed E-state index contributed by atoms with van der Waals surface area (Å²) in [7, 11) is 1.88. The van der Waals surface area contributed by atoms with E-state index in [1.165, 1.54) is 0 Å². The Hall–Kier alpha value is -3.08. The second-order valence-electron chi connectivity index (χ2n) is 6.93. The monoisotopic (exact) mass is 477 g/mol. The lowest BCUT2D eigenvalue weighted by Crippen LogP contribution is -2.49. The lowest BCUT2D eigenvalue weighted by atomic mass is 10.2. The molecule has 0 aromatic rings. The molecule has 13 nitrogen and oxygen atoms in total. The van der Waals surface area contributed by atoms with Gasteiger partial charge in [-0.05, 0) is 5.92 Å². The van der Waals surface area contributed by atoms with Crippen LogP contribution in [0, 0.1) is 5.92 Å². The van der Waals surface area contributed by atoms with Crippen molar-refractivity contribution in [2.75, 3.05) is 6.61 Å². The largest absolute Gasteiger partial charge is 0.462 e. The van der Waals surface area contributed by atoms with Crippen molar-refractivity contribution in [1.29, 1.82) is 0 Å². The smallest absolute Gasteiger partial charge is 0.377 e. The van der Waals surface area contributed by atoms with Gasteiger partial charge in [0.15, 0.2) is 0 Å². The Balaban J connectivity index is 3.05. The van der Waals surface area contributed by atoms with Gasteiger partial charge in [-0.3, -0.25) is 19.2 Å². The summed E-state index contributed by atoms with van der Waals surface area (Å²) in [4.78, 5) is 87.9. The molecule has 1 fully saturated rings. The number of imide groups is 1. The maximum atomic E-state index is 12.6. The van der Waals surface area contributed by atoms with Gasteiger partial charge in [0.1, 0.15) is 0 Å². The number of hydroxylamine groups is 2. The number of esters is 4. The fourth-order valence-corrected chi connectivity index (χ4v) is 2.43. The van der Waals surface area contributed by atoms with Crippen molar-refractivity contribution in [3.63, 3.8) is 0 Å². The lowest BCUT2D eigenvalue weighted by Gasteiger charge is -2.25. The molecular formula is C18H24NO12P. The Kier molecular flexibility index (Phi) is 10.2. The van der Waals surface area contributed by atoms with Crippen molar-refractivity contribution in [2.24, 2.45) is 5.92 Å². The van der Waals surface area contributed by atoms with Crippen LogP contribution in [0.5, 0.6) is 0 Å². The maximum Gasteiger partial charge on any atom is 0.377 e. The molecule has 2 amide bonds. The van der Waals surface area contributed by atoms with Gasteiger partial charge in [0, 0.05) is 26.7 Å². The molecular weight excluding hydrogens is 453 g/mol. The minimum Gasteiger partial charge on any atom is -0.462 e. The van der Waals surface area contributed by atoms with E-state index in [9.17, 15) is 33.6 Å². The first-order valence-electron chi connectivity index (χ1n) is 9.38. The van der Waals surface area contributed by atoms with E-state index in [1.54, 1.807) is 13.8 Å². The van der Waals surface area contributed by atoms with E-state index >= 15 is 0 Å². The second kappa shape index (κ2) is 12.1. The molecule has 0 spiro atoms. The molecule has 0 aliphatic carbocycles. The third kappa shape index (κ3) is 8.22. The SMILES string of the molecule is CC(=O)O[C@@H](C(=O)O[C@@H](P)C(=O)OCC(C)C)[C@@H](OC(C)=O)C(=O)ON1C(=O)CCC1=O. The lowest BCUT2D eigenvalue weighted by molar-refractivity contribution is -0.214. The third-order valence-electron chi connectivity index (χ3n) is 3.55. The van der Waals surface area contributed by atoms with Crippen molar-refractivity contribution in [3.8, 4) is 0 Å². The summed E-state index contributed by atoms with van der Waals surface area (Å²) in [6.45, 7) is 5.36. The predicted octanol–water partition coefficient (Wildman–Crippen LogP) is -0.599. The molecule has 1 aliphatic rings. The highest BCUT2D eigenvalue weighted by molar-refractivity contribution is 7.19. The van der Waals surface area contributed by atoms with Crippen LogP contribution in [0.25, 0.3) is 0 Å². The van der Waals surface area contributed by atoms with Gasteiger partial charge < -0.3 is 23.8 Å². The number of rotatable bonds is 10. The molecule has 0 saturated carbocycles. The van der Waals surface area contributed by atoms with Crippen LogP contribution in [0.3, 0.4) is 0 Å². The molecule has 14 heteroatoms. The van der Waals surface area contributed by atoms with E-state index in [-0.39, 0.29) is 30.4 Å². The van der Waals surface area contributed by atoms with Gasteiger partial charge in [0.05, 0.1) is 6.61 Å². The van der Waals surface area contributed by atoms with Gasteiger partial charge in [-0.1, -0.05) is 23.1 Å². The summed E-state index contributed by atoms with van der Waals surface area (Å²) in [6.07, 6.45) is -4.88. The molecule has 178 valence electrons. The molecule has 1 saturated heterocycles. The van der Waals surface area contributed by atoms with Crippen LogP contribution < -0.4 is 0 Å². The number of carbonyl (C=O) groups excluding carboxylic acids is 7. The number of ether oxygens (including phenoxy) is 4. The first-order valence-corrected chi connectivity index (χ1v) is 10.0. The minimum atomic E-state index is -2.24. The first kappa shape index (κ1) is 27.0. The molecule has 0 radical (unpaired) electrons. The van der Waals surface area contributed by atoms with Gasteiger partial charge in [0.25, 0.3) is 11.8 Å². The quantitative estimate of drug-likeness (QED) is 0.170. The summed E-state index contributed by atoms with van der Waals surface area (Å²) in [5, 5.41) is 0.150. The Morgan fingerprint density at radius 2 is 1.31 bits per heavy atom. The molecule has 0 N–H and O–H groups in total. The average Bonchev–Trinajstić information content (AvgIpc) is 2.99. The summed E-state index contributed by atoms with van der Waals surface area (Å²) in [6, 6.07) is 0. The molecule has 0 bridgehead atoms. The van der Waals surface area contributed by atoms with E-state index in [0.29, 0.717) is 0 Å². The number of carbonyl (C=O) groups is 7. The van der Waals surface area contributed by atoms with Crippen LogP contribution in [0.1, 0.15) is 40.5 Å². The Morgan fingerprint density at radius 1 is 0.844 bits per heavy atom. The summed E-state index contributed by atoms with van der Waals surface area (Å²) >= 11 is 0. The zero-order chi connectivity index (χ0) is 24.6. The zero-order valence-electron chi connectivity index (χ0n) is 17.9. The highest BCUT2D eigenvalue weighted by Gasteiger charge is 2.45. The standard InChI is InChI=1S/C18H24NO12P/c1-8(2)7-27-17(26)18(32)30-15(24)13(28-9(3)20)14(29-10(4)21)16(25)31-19-11(22)5-6-12(19)23/h8,13-14,18H,5-7,32H2,1-4H3/t13-,14-,18+/m1/s1. The molecule has 1 rings (SSSR count). The van der Waals surface area contributed by atoms with E-state index in [4.69, 9.17) is 18.9 Å². The van der Waals surface area contributed by atoms with Gasteiger partial charge in [-0.25, -0.2) is 14.4 Å². The van der Waals surface area contributed by atoms with Crippen molar-refractivity contribution >= 4 is 50.9 Å². The first-order chi connectivity index (χ1) is 14.8. The zero-order valence-corrected chi connectivity index (χ0v) is 19.0. The molecule has 1 aliphatic heterocycles. The van der Waals surface area contributed by atoms with E-state index in [2.05, 4.69) is 4.84 Å². The maximum absolute atomic E-state index is 12.6. The van der Waals surface area contributed by atoms with Crippen molar-refractivity contribution < 1.29 is 57.3 Å². The molecule has 1 heterocycles. The summed E-state index contributed by atoms with van der Waals surface area (Å²) in [5.41, 5.74) is 0.